The topological polar surface area (TPSA) is 63.3 Å². The Hall–Kier alpha value is -1.57. The van der Waals surface area contributed by atoms with Crippen molar-refractivity contribution in [2.75, 3.05) is 0 Å². The van der Waals surface area contributed by atoms with Crippen molar-refractivity contribution in [3.05, 3.63) is 35.4 Å². The van der Waals surface area contributed by atoms with Crippen LogP contribution in [0.25, 0.3) is 0 Å². The summed E-state index contributed by atoms with van der Waals surface area (Å²) in [5.41, 5.74) is 9.48. The van der Waals surface area contributed by atoms with Crippen LogP contribution in [-0.2, 0) is 10.3 Å². The van der Waals surface area contributed by atoms with E-state index in [1.54, 1.807) is 12.1 Å². The summed E-state index contributed by atoms with van der Waals surface area (Å²) in [4.78, 5) is 11.7. The van der Waals surface area contributed by atoms with Crippen molar-refractivity contribution in [2.24, 2.45) is 11.1 Å². The van der Waals surface area contributed by atoms with Gasteiger partial charge in [-0.25, -0.2) is 4.79 Å². The van der Waals surface area contributed by atoms with E-state index in [4.69, 9.17) is 5.73 Å². The van der Waals surface area contributed by atoms with Crippen LogP contribution in [0.1, 0.15) is 38.3 Å². The van der Waals surface area contributed by atoms with Crippen molar-refractivity contribution in [3.8, 4) is 11.5 Å². The smallest absolute Gasteiger partial charge is 0.328 e. The average Bonchev–Trinajstić information content (AvgIpc) is 2.33. The van der Waals surface area contributed by atoms with Crippen molar-refractivity contribution < 1.29 is 9.90 Å². The van der Waals surface area contributed by atoms with Crippen molar-refractivity contribution in [1.29, 1.82) is 0 Å². The van der Waals surface area contributed by atoms with Crippen LogP contribution in [0.3, 0.4) is 0 Å². The molecule has 0 aliphatic heterocycles. The van der Waals surface area contributed by atoms with Crippen molar-refractivity contribution in [3.63, 3.8) is 0 Å². The van der Waals surface area contributed by atoms with E-state index in [0.717, 1.165) is 5.56 Å². The number of rotatable bonds is 3. The van der Waals surface area contributed by atoms with Crippen LogP contribution < -0.4 is 5.73 Å². The van der Waals surface area contributed by atoms with E-state index in [-0.39, 0.29) is 5.41 Å². The molecule has 1 rings (SSSR count). The highest BCUT2D eigenvalue weighted by Gasteiger charge is 2.39. The summed E-state index contributed by atoms with van der Waals surface area (Å²) < 4.78 is 0. The lowest BCUT2D eigenvalue weighted by atomic mass is 9.76. The second-order valence-corrected chi connectivity index (χ2v) is 12.8. The second kappa shape index (κ2) is 6.27. The number of carboxylic acid groups (broad SMARTS) is 1. The van der Waals surface area contributed by atoms with Gasteiger partial charge >= 0.3 is 5.97 Å². The quantitative estimate of drug-likeness (QED) is 0.661. The highest BCUT2D eigenvalue weighted by molar-refractivity contribution is 6.83. The summed E-state index contributed by atoms with van der Waals surface area (Å²) in [5, 5.41) is 9.58. The summed E-state index contributed by atoms with van der Waals surface area (Å²) in [7, 11) is -1.42. The zero-order chi connectivity index (χ0) is 17.2. The molecule has 0 saturated heterocycles. The first-order chi connectivity index (χ1) is 9.83. The largest absolute Gasteiger partial charge is 0.480 e. The normalized spacial score (nSPS) is 14.7. The van der Waals surface area contributed by atoms with Gasteiger partial charge in [0.2, 0.25) is 0 Å². The van der Waals surface area contributed by atoms with Gasteiger partial charge in [0.1, 0.15) is 13.6 Å². The molecule has 1 aromatic carbocycles. The van der Waals surface area contributed by atoms with Gasteiger partial charge in [0.05, 0.1) is 0 Å². The Labute approximate surface area is 134 Å². The minimum atomic E-state index is -1.42. The summed E-state index contributed by atoms with van der Waals surface area (Å²) in [6.45, 7) is 12.5. The molecule has 0 bridgehead atoms. The van der Waals surface area contributed by atoms with Gasteiger partial charge in [0, 0.05) is 5.56 Å². The summed E-state index contributed by atoms with van der Waals surface area (Å²) in [5.74, 6) is 2.17. The molecule has 0 spiro atoms. The lowest BCUT2D eigenvalue weighted by Crippen LogP contribution is -2.47. The highest BCUT2D eigenvalue weighted by atomic mass is 28.3. The fourth-order valence-electron chi connectivity index (χ4n) is 2.25. The Balaban J connectivity index is 3.14. The third-order valence-corrected chi connectivity index (χ3v) is 4.05. The number of aliphatic carboxylic acids is 1. The molecule has 0 amide bonds. The summed E-state index contributed by atoms with van der Waals surface area (Å²) in [6, 6.07) is 7.29. The first kappa shape index (κ1) is 18.5. The molecule has 0 heterocycles. The number of carbonyl (C=O) groups is 1. The van der Waals surface area contributed by atoms with Crippen molar-refractivity contribution >= 4 is 14.0 Å². The molecule has 0 saturated carbocycles. The van der Waals surface area contributed by atoms with Crippen LogP contribution in [0, 0.1) is 16.9 Å². The first-order valence-corrected chi connectivity index (χ1v) is 11.0. The monoisotopic (exact) mass is 317 g/mol. The lowest BCUT2D eigenvalue weighted by Gasteiger charge is -2.32. The molecule has 0 aromatic heterocycles. The molecule has 0 aliphatic rings. The maximum atomic E-state index is 11.7. The Morgan fingerprint density at radius 3 is 2.05 bits per heavy atom. The van der Waals surface area contributed by atoms with Gasteiger partial charge in [0.15, 0.2) is 0 Å². The zero-order valence-corrected chi connectivity index (χ0v) is 15.4. The fraction of sp³-hybridized carbons (Fsp3) is 0.500. The predicted octanol–water partition coefficient (Wildman–Crippen LogP) is 3.59. The minimum absolute atomic E-state index is 0.177. The van der Waals surface area contributed by atoms with E-state index in [1.807, 2.05) is 32.9 Å². The van der Waals surface area contributed by atoms with Crippen LogP contribution in [0.15, 0.2) is 24.3 Å². The molecule has 4 heteroatoms. The highest BCUT2D eigenvalue weighted by Crippen LogP contribution is 2.33. The molecular formula is C18H27NO2Si. The Morgan fingerprint density at radius 1 is 1.18 bits per heavy atom. The molecule has 3 nitrogen and oxygen atoms in total. The molecule has 22 heavy (non-hydrogen) atoms. The molecule has 1 atom stereocenters. The van der Waals surface area contributed by atoms with Gasteiger partial charge in [-0.1, -0.05) is 58.5 Å². The SMILES string of the molecule is CC(C)(C)CC(N)(C(=O)O)c1ccc(C#C[Si](C)(C)C)cc1. The number of hydrogen-bond acceptors (Lipinski definition) is 2. The Morgan fingerprint density at radius 2 is 1.68 bits per heavy atom. The van der Waals surface area contributed by atoms with E-state index in [1.165, 1.54) is 0 Å². The first-order valence-electron chi connectivity index (χ1n) is 7.49. The van der Waals surface area contributed by atoms with Crippen LogP contribution >= 0.6 is 0 Å². The second-order valence-electron chi connectivity index (χ2n) is 8.09. The van der Waals surface area contributed by atoms with Crippen LogP contribution in [0.4, 0.5) is 0 Å². The van der Waals surface area contributed by atoms with Gasteiger partial charge < -0.3 is 10.8 Å². The Bertz CT molecular complexity index is 597. The molecule has 0 aliphatic carbocycles. The summed E-state index contributed by atoms with van der Waals surface area (Å²) in [6.07, 6.45) is 0.370. The van der Waals surface area contributed by atoms with E-state index < -0.39 is 19.6 Å². The third-order valence-electron chi connectivity index (χ3n) is 3.17. The average molecular weight is 318 g/mol. The van der Waals surface area contributed by atoms with Gasteiger partial charge in [-0.05, 0) is 29.5 Å². The molecule has 1 unspecified atom stereocenters. The van der Waals surface area contributed by atoms with Gasteiger partial charge in [-0.15, -0.1) is 5.54 Å². The summed E-state index contributed by atoms with van der Waals surface area (Å²) >= 11 is 0. The standard InChI is InChI=1S/C18H27NO2Si/c1-17(2,3)13-18(19,16(20)21)15-9-7-14(8-10-15)11-12-22(4,5)6/h7-10H,13,19H2,1-6H3,(H,20,21). The van der Waals surface area contributed by atoms with Gasteiger partial charge in [-0.3, -0.25) is 0 Å². The minimum Gasteiger partial charge on any atom is -0.480 e. The number of hydrogen-bond donors (Lipinski definition) is 2. The van der Waals surface area contributed by atoms with E-state index >= 15 is 0 Å². The molecule has 3 N–H and O–H groups in total. The van der Waals surface area contributed by atoms with Gasteiger partial charge in [-0.2, -0.15) is 0 Å². The van der Waals surface area contributed by atoms with Crippen LogP contribution in [-0.4, -0.2) is 19.1 Å². The number of carboxylic acids is 1. The molecule has 120 valence electrons. The molecule has 0 radical (unpaired) electrons. The predicted molar refractivity (Wildman–Crippen MR) is 94.2 cm³/mol. The number of benzene rings is 1. The lowest BCUT2D eigenvalue weighted by molar-refractivity contribution is -0.145. The molecule has 0 fully saturated rings. The zero-order valence-electron chi connectivity index (χ0n) is 14.4. The van der Waals surface area contributed by atoms with E-state index in [2.05, 4.69) is 31.1 Å². The van der Waals surface area contributed by atoms with E-state index in [0.29, 0.717) is 12.0 Å². The van der Waals surface area contributed by atoms with Crippen molar-refractivity contribution in [2.45, 2.75) is 52.4 Å². The van der Waals surface area contributed by atoms with E-state index in [9.17, 15) is 9.90 Å². The maximum Gasteiger partial charge on any atom is 0.328 e. The van der Waals surface area contributed by atoms with Crippen LogP contribution in [0.5, 0.6) is 0 Å². The fourth-order valence-corrected chi connectivity index (χ4v) is 2.77. The Kier molecular flexibility index (Phi) is 5.27. The number of nitrogens with two attached hydrogens (primary N) is 1. The maximum absolute atomic E-state index is 11.7. The van der Waals surface area contributed by atoms with Crippen molar-refractivity contribution in [1.82, 2.24) is 0 Å². The molecule has 1 aromatic rings. The van der Waals surface area contributed by atoms with Gasteiger partial charge in [0.25, 0.3) is 0 Å². The third kappa shape index (κ3) is 5.32. The molecular weight excluding hydrogens is 290 g/mol. The van der Waals surface area contributed by atoms with Crippen LogP contribution in [0.2, 0.25) is 19.6 Å².